The molecule has 0 amide bonds. The Labute approximate surface area is 82.8 Å². The summed E-state index contributed by atoms with van der Waals surface area (Å²) in [5.74, 6) is 0.688. The molecule has 0 saturated carbocycles. The molecule has 13 heavy (non-hydrogen) atoms. The zero-order valence-electron chi connectivity index (χ0n) is 7.63. The van der Waals surface area contributed by atoms with Crippen molar-refractivity contribution >= 4 is 23.2 Å². The van der Waals surface area contributed by atoms with Gasteiger partial charge >= 0.3 is 0 Å². The van der Waals surface area contributed by atoms with Crippen LogP contribution in [0, 0.1) is 0 Å². The first kappa shape index (κ1) is 9.86. The molecular weight excluding hydrogens is 186 g/mol. The van der Waals surface area contributed by atoms with Crippen molar-refractivity contribution in [2.75, 3.05) is 19.4 Å². The summed E-state index contributed by atoms with van der Waals surface area (Å²) in [6.45, 7) is 0. The fourth-order valence-corrected chi connectivity index (χ4v) is 1.10. The fourth-order valence-electron chi connectivity index (χ4n) is 0.920. The van der Waals surface area contributed by atoms with Crippen molar-refractivity contribution in [1.29, 1.82) is 0 Å². The number of rotatable bonds is 1. The first-order valence-electron chi connectivity index (χ1n) is 3.94. The van der Waals surface area contributed by atoms with E-state index in [4.69, 9.17) is 11.6 Å². The monoisotopic (exact) mass is 197 g/mol. The van der Waals surface area contributed by atoms with Crippen molar-refractivity contribution in [3.8, 4) is 0 Å². The van der Waals surface area contributed by atoms with Gasteiger partial charge in [0.15, 0.2) is 5.96 Å². The average Bonchev–Trinajstić information content (AvgIpc) is 2.17. The van der Waals surface area contributed by atoms with Gasteiger partial charge < -0.3 is 10.6 Å². The van der Waals surface area contributed by atoms with E-state index in [0.29, 0.717) is 11.0 Å². The summed E-state index contributed by atoms with van der Waals surface area (Å²) in [6, 6.07) is 7.52. The molecule has 3 nitrogen and oxygen atoms in total. The van der Waals surface area contributed by atoms with E-state index >= 15 is 0 Å². The SMILES string of the molecule is CN=C(NC)Nc1ccccc1Cl. The van der Waals surface area contributed by atoms with Crippen LogP contribution in [-0.4, -0.2) is 20.1 Å². The molecule has 70 valence electrons. The summed E-state index contributed by atoms with van der Waals surface area (Å²) in [7, 11) is 3.50. The molecule has 0 spiro atoms. The maximum absolute atomic E-state index is 5.94. The molecule has 0 aliphatic rings. The van der Waals surface area contributed by atoms with Gasteiger partial charge in [0, 0.05) is 14.1 Å². The molecular formula is C9H12ClN3. The van der Waals surface area contributed by atoms with Crippen molar-refractivity contribution in [2.24, 2.45) is 4.99 Å². The van der Waals surface area contributed by atoms with E-state index in [0.717, 1.165) is 5.69 Å². The van der Waals surface area contributed by atoms with Crippen LogP contribution in [0.5, 0.6) is 0 Å². The van der Waals surface area contributed by atoms with Gasteiger partial charge in [0.1, 0.15) is 0 Å². The van der Waals surface area contributed by atoms with Crippen LogP contribution in [0.2, 0.25) is 5.02 Å². The highest BCUT2D eigenvalue weighted by molar-refractivity contribution is 6.33. The van der Waals surface area contributed by atoms with Gasteiger partial charge in [0.2, 0.25) is 0 Å². The molecule has 0 aromatic heterocycles. The smallest absolute Gasteiger partial charge is 0.195 e. The van der Waals surface area contributed by atoms with Crippen molar-refractivity contribution in [3.63, 3.8) is 0 Å². The molecule has 0 aliphatic carbocycles. The van der Waals surface area contributed by atoms with E-state index in [9.17, 15) is 0 Å². The first-order valence-corrected chi connectivity index (χ1v) is 4.32. The van der Waals surface area contributed by atoms with Gasteiger partial charge in [0.05, 0.1) is 10.7 Å². The Hall–Kier alpha value is -1.22. The molecule has 1 aromatic rings. The summed E-state index contributed by atoms with van der Waals surface area (Å²) in [5, 5.41) is 6.64. The number of hydrogen-bond acceptors (Lipinski definition) is 1. The second kappa shape index (κ2) is 4.72. The molecule has 0 atom stereocenters. The lowest BCUT2D eigenvalue weighted by Gasteiger charge is -2.09. The molecule has 0 unspecified atom stereocenters. The number of hydrogen-bond donors (Lipinski definition) is 2. The van der Waals surface area contributed by atoms with Crippen molar-refractivity contribution in [3.05, 3.63) is 29.3 Å². The van der Waals surface area contributed by atoms with E-state index in [1.165, 1.54) is 0 Å². The van der Waals surface area contributed by atoms with Crippen LogP contribution < -0.4 is 10.6 Å². The minimum absolute atomic E-state index is 0.680. The van der Waals surface area contributed by atoms with Crippen molar-refractivity contribution in [2.45, 2.75) is 0 Å². The van der Waals surface area contributed by atoms with Gasteiger partial charge in [-0.05, 0) is 12.1 Å². The predicted molar refractivity (Wildman–Crippen MR) is 57.5 cm³/mol. The molecule has 4 heteroatoms. The Kier molecular flexibility index (Phi) is 3.58. The number of anilines is 1. The second-order valence-corrected chi connectivity index (χ2v) is 2.83. The van der Waals surface area contributed by atoms with E-state index in [2.05, 4.69) is 15.6 Å². The van der Waals surface area contributed by atoms with Crippen molar-refractivity contribution in [1.82, 2.24) is 5.32 Å². The van der Waals surface area contributed by atoms with Crippen LogP contribution >= 0.6 is 11.6 Å². The maximum Gasteiger partial charge on any atom is 0.195 e. The highest BCUT2D eigenvalue weighted by Gasteiger charge is 1.99. The first-order chi connectivity index (χ1) is 6.27. The van der Waals surface area contributed by atoms with Gasteiger partial charge in [0.25, 0.3) is 0 Å². The largest absolute Gasteiger partial charge is 0.359 e. The number of guanidine groups is 1. The maximum atomic E-state index is 5.94. The van der Waals surface area contributed by atoms with Crippen LogP contribution in [-0.2, 0) is 0 Å². The molecule has 1 rings (SSSR count). The molecule has 0 radical (unpaired) electrons. The van der Waals surface area contributed by atoms with Crippen molar-refractivity contribution < 1.29 is 0 Å². The molecule has 0 bridgehead atoms. The lowest BCUT2D eigenvalue weighted by Crippen LogP contribution is -2.26. The second-order valence-electron chi connectivity index (χ2n) is 2.43. The molecule has 0 fully saturated rings. The third-order valence-corrected chi connectivity index (χ3v) is 1.92. The minimum Gasteiger partial charge on any atom is -0.359 e. The van der Waals surface area contributed by atoms with Gasteiger partial charge in [-0.15, -0.1) is 0 Å². The lowest BCUT2D eigenvalue weighted by atomic mass is 10.3. The average molecular weight is 198 g/mol. The van der Waals surface area contributed by atoms with E-state index in [1.54, 1.807) is 14.1 Å². The van der Waals surface area contributed by atoms with E-state index in [1.807, 2.05) is 24.3 Å². The lowest BCUT2D eigenvalue weighted by molar-refractivity contribution is 1.14. The number of benzene rings is 1. The Morgan fingerprint density at radius 2 is 2.08 bits per heavy atom. The third kappa shape index (κ3) is 2.63. The zero-order chi connectivity index (χ0) is 9.68. The molecule has 2 N–H and O–H groups in total. The number of para-hydroxylation sites is 1. The standard InChI is InChI=1S/C9H12ClN3/c1-11-9(12-2)13-8-6-4-3-5-7(8)10/h3-6H,1-2H3,(H2,11,12,13). The molecule has 0 saturated heterocycles. The third-order valence-electron chi connectivity index (χ3n) is 1.59. The minimum atomic E-state index is 0.680. The number of aliphatic imine (C=N–C) groups is 1. The normalized spacial score (nSPS) is 11.2. The van der Waals surface area contributed by atoms with Gasteiger partial charge in [-0.1, -0.05) is 23.7 Å². The molecule has 0 aliphatic heterocycles. The summed E-state index contributed by atoms with van der Waals surface area (Å²) in [6.07, 6.45) is 0. The Morgan fingerprint density at radius 3 is 2.62 bits per heavy atom. The van der Waals surface area contributed by atoms with E-state index < -0.39 is 0 Å². The van der Waals surface area contributed by atoms with Crippen LogP contribution in [0.4, 0.5) is 5.69 Å². The van der Waals surface area contributed by atoms with Crippen LogP contribution in [0.3, 0.4) is 0 Å². The van der Waals surface area contributed by atoms with Gasteiger partial charge in [-0.2, -0.15) is 0 Å². The number of nitrogens with zero attached hydrogens (tertiary/aromatic N) is 1. The summed E-state index contributed by atoms with van der Waals surface area (Å²) >= 11 is 5.94. The predicted octanol–water partition coefficient (Wildman–Crippen LogP) is 1.96. The summed E-state index contributed by atoms with van der Waals surface area (Å²) < 4.78 is 0. The Balaban J connectivity index is 2.80. The highest BCUT2D eigenvalue weighted by Crippen LogP contribution is 2.19. The highest BCUT2D eigenvalue weighted by atomic mass is 35.5. The fraction of sp³-hybridized carbons (Fsp3) is 0.222. The van der Waals surface area contributed by atoms with Gasteiger partial charge in [-0.3, -0.25) is 4.99 Å². The Bertz CT molecular complexity index is 309. The number of halogens is 1. The molecule has 1 aromatic carbocycles. The quantitative estimate of drug-likeness (QED) is 0.534. The zero-order valence-corrected chi connectivity index (χ0v) is 8.39. The number of nitrogens with one attached hydrogen (secondary N) is 2. The van der Waals surface area contributed by atoms with Crippen LogP contribution in [0.15, 0.2) is 29.3 Å². The topological polar surface area (TPSA) is 36.4 Å². The Morgan fingerprint density at radius 1 is 1.38 bits per heavy atom. The van der Waals surface area contributed by atoms with Crippen LogP contribution in [0.1, 0.15) is 0 Å². The summed E-state index contributed by atoms with van der Waals surface area (Å²) in [4.78, 5) is 3.98. The molecule has 0 heterocycles. The van der Waals surface area contributed by atoms with Crippen LogP contribution in [0.25, 0.3) is 0 Å². The van der Waals surface area contributed by atoms with E-state index in [-0.39, 0.29) is 0 Å². The summed E-state index contributed by atoms with van der Waals surface area (Å²) in [5.41, 5.74) is 0.846. The van der Waals surface area contributed by atoms with Gasteiger partial charge in [-0.25, -0.2) is 0 Å².